The summed E-state index contributed by atoms with van der Waals surface area (Å²) < 4.78 is 5.82. The van der Waals surface area contributed by atoms with Crippen LogP contribution in [-0.4, -0.2) is 41.5 Å². The van der Waals surface area contributed by atoms with Crippen molar-refractivity contribution in [1.29, 1.82) is 0 Å². The molecule has 0 bridgehead atoms. The first-order valence-corrected chi connectivity index (χ1v) is 11.6. The number of nitrogens with zero attached hydrogens (tertiary/aromatic N) is 6. The van der Waals surface area contributed by atoms with Gasteiger partial charge in [-0.05, 0) is 38.0 Å². The van der Waals surface area contributed by atoms with Gasteiger partial charge in [0, 0.05) is 62.7 Å². The van der Waals surface area contributed by atoms with Gasteiger partial charge in [-0.3, -0.25) is 9.48 Å². The molecule has 1 atom stereocenters. The molecule has 172 valence electrons. The fourth-order valence-corrected chi connectivity index (χ4v) is 4.56. The second-order valence-corrected chi connectivity index (χ2v) is 8.68. The maximum absolute atomic E-state index is 12.2. The molecule has 4 heterocycles. The smallest absolute Gasteiger partial charge is 0.250 e. The molecule has 2 N–H and O–H groups in total. The lowest BCUT2D eigenvalue weighted by atomic mass is 9.98. The minimum atomic E-state index is 0.0149. The minimum absolute atomic E-state index is 0.0149. The first kappa shape index (κ1) is 21.4. The van der Waals surface area contributed by atoms with Crippen LogP contribution in [-0.2, 0) is 39.5 Å². The Labute approximate surface area is 192 Å². The fourth-order valence-electron chi connectivity index (χ4n) is 4.56. The predicted molar refractivity (Wildman–Crippen MR) is 128 cm³/mol. The number of aromatic nitrogens is 6. The van der Waals surface area contributed by atoms with E-state index in [0.717, 1.165) is 48.6 Å². The van der Waals surface area contributed by atoms with Crippen LogP contribution in [0.25, 0.3) is 11.0 Å². The number of hydrogen-bond acceptors (Lipinski definition) is 6. The van der Waals surface area contributed by atoms with Crippen LogP contribution in [0.2, 0.25) is 0 Å². The number of rotatable bonds is 8. The Morgan fingerprint density at radius 2 is 2.09 bits per heavy atom. The van der Waals surface area contributed by atoms with Gasteiger partial charge in [-0.25, -0.2) is 9.97 Å². The Morgan fingerprint density at radius 1 is 1.18 bits per heavy atom. The van der Waals surface area contributed by atoms with E-state index in [1.807, 2.05) is 19.3 Å². The molecule has 1 aliphatic rings. The van der Waals surface area contributed by atoms with Gasteiger partial charge in [-0.15, -0.1) is 0 Å². The van der Waals surface area contributed by atoms with Crippen LogP contribution in [0.15, 0.2) is 47.7 Å². The summed E-state index contributed by atoms with van der Waals surface area (Å²) in [5.41, 5.74) is 4.74. The molecule has 4 aromatic rings. The van der Waals surface area contributed by atoms with Crippen LogP contribution in [0.4, 0.5) is 5.69 Å². The Hall–Kier alpha value is -3.46. The molecule has 0 saturated heterocycles. The molecule has 33 heavy (non-hydrogen) atoms. The number of fused-ring (bicyclic) bond motifs is 3. The zero-order chi connectivity index (χ0) is 22.8. The zero-order valence-corrected chi connectivity index (χ0v) is 19.2. The molecule has 5 rings (SSSR count). The summed E-state index contributed by atoms with van der Waals surface area (Å²) in [7, 11) is 1.90. The number of aryl methyl sites for hydroxylation is 4. The molecular formula is C24H30N8O. The third-order valence-electron chi connectivity index (χ3n) is 6.41. The Morgan fingerprint density at radius 3 is 2.91 bits per heavy atom. The highest BCUT2D eigenvalue weighted by Crippen LogP contribution is 2.32. The summed E-state index contributed by atoms with van der Waals surface area (Å²) in [6, 6.07) is 10.1. The summed E-state index contributed by atoms with van der Waals surface area (Å²) in [4.78, 5) is 21.5. The monoisotopic (exact) mass is 446 g/mol. The van der Waals surface area contributed by atoms with Gasteiger partial charge >= 0.3 is 0 Å². The first-order valence-electron chi connectivity index (χ1n) is 11.6. The molecule has 1 aliphatic heterocycles. The average Bonchev–Trinajstić information content (AvgIpc) is 3.38. The summed E-state index contributed by atoms with van der Waals surface area (Å²) in [5.74, 6) is 1.91. The number of pyridine rings is 1. The molecular weight excluding hydrogens is 416 g/mol. The zero-order valence-electron chi connectivity index (χ0n) is 19.2. The summed E-state index contributed by atoms with van der Waals surface area (Å²) in [6.07, 6.45) is 6.24. The maximum Gasteiger partial charge on any atom is 0.250 e. The molecule has 0 aliphatic carbocycles. The maximum atomic E-state index is 12.2. The predicted octanol–water partition coefficient (Wildman–Crippen LogP) is 2.11. The van der Waals surface area contributed by atoms with Crippen molar-refractivity contribution in [3.8, 4) is 0 Å². The number of imidazole rings is 1. The average molecular weight is 447 g/mol. The number of nitrogens with one attached hydrogen (secondary N) is 2. The third kappa shape index (κ3) is 4.41. The van der Waals surface area contributed by atoms with Crippen molar-refractivity contribution in [2.24, 2.45) is 7.05 Å². The van der Waals surface area contributed by atoms with E-state index in [9.17, 15) is 4.79 Å². The SMILES string of the molecule is C[C@H]1CCc2c(ccc3c2nc(CCn2ccccc2=O)n3CCNCc2ncnn2C)N1. The van der Waals surface area contributed by atoms with Gasteiger partial charge in [0.05, 0.1) is 17.6 Å². The van der Waals surface area contributed by atoms with Crippen LogP contribution in [0, 0.1) is 0 Å². The number of anilines is 1. The summed E-state index contributed by atoms with van der Waals surface area (Å²) in [6.45, 7) is 5.05. The van der Waals surface area contributed by atoms with E-state index in [-0.39, 0.29) is 5.56 Å². The molecule has 0 fully saturated rings. The fraction of sp³-hybridized carbons (Fsp3) is 0.417. The normalized spacial score (nSPS) is 15.5. The molecule has 3 aromatic heterocycles. The summed E-state index contributed by atoms with van der Waals surface area (Å²) in [5, 5.41) is 11.2. The lowest BCUT2D eigenvalue weighted by Crippen LogP contribution is -2.23. The van der Waals surface area contributed by atoms with Crippen LogP contribution in [0.5, 0.6) is 0 Å². The Balaban J connectivity index is 1.41. The highest BCUT2D eigenvalue weighted by atomic mass is 16.1. The van der Waals surface area contributed by atoms with Crippen molar-refractivity contribution in [2.45, 2.75) is 51.9 Å². The van der Waals surface area contributed by atoms with E-state index in [1.54, 1.807) is 27.7 Å². The lowest BCUT2D eigenvalue weighted by molar-refractivity contribution is 0.551. The molecule has 1 aromatic carbocycles. The topological polar surface area (TPSA) is 94.6 Å². The van der Waals surface area contributed by atoms with Crippen molar-refractivity contribution in [1.82, 2.24) is 34.2 Å². The molecule has 9 nitrogen and oxygen atoms in total. The number of hydrogen-bond donors (Lipinski definition) is 2. The van der Waals surface area contributed by atoms with Gasteiger partial charge < -0.3 is 19.8 Å². The minimum Gasteiger partial charge on any atom is -0.382 e. The molecule has 0 spiro atoms. The van der Waals surface area contributed by atoms with Gasteiger partial charge in [0.25, 0.3) is 5.56 Å². The quantitative estimate of drug-likeness (QED) is 0.403. The molecule has 0 radical (unpaired) electrons. The van der Waals surface area contributed by atoms with Crippen LogP contribution >= 0.6 is 0 Å². The highest BCUT2D eigenvalue weighted by Gasteiger charge is 2.21. The van der Waals surface area contributed by atoms with Crippen LogP contribution in [0.3, 0.4) is 0 Å². The Kier molecular flexibility index (Phi) is 5.95. The van der Waals surface area contributed by atoms with Gasteiger partial charge in [0.2, 0.25) is 0 Å². The van der Waals surface area contributed by atoms with Crippen LogP contribution in [0.1, 0.15) is 30.6 Å². The van der Waals surface area contributed by atoms with Crippen molar-refractivity contribution in [3.63, 3.8) is 0 Å². The van der Waals surface area contributed by atoms with Gasteiger partial charge in [0.15, 0.2) is 0 Å². The number of benzene rings is 1. The van der Waals surface area contributed by atoms with E-state index in [4.69, 9.17) is 4.98 Å². The molecule has 0 saturated carbocycles. The van der Waals surface area contributed by atoms with Crippen molar-refractivity contribution in [3.05, 3.63) is 70.4 Å². The largest absolute Gasteiger partial charge is 0.382 e. The first-order chi connectivity index (χ1) is 16.1. The van der Waals surface area contributed by atoms with E-state index in [2.05, 4.69) is 44.3 Å². The lowest BCUT2D eigenvalue weighted by Gasteiger charge is -2.24. The Bertz CT molecular complexity index is 1320. The van der Waals surface area contributed by atoms with Crippen molar-refractivity contribution >= 4 is 16.7 Å². The van der Waals surface area contributed by atoms with E-state index >= 15 is 0 Å². The second kappa shape index (κ2) is 9.19. The van der Waals surface area contributed by atoms with Crippen LogP contribution < -0.4 is 16.2 Å². The van der Waals surface area contributed by atoms with Gasteiger partial charge in [-0.1, -0.05) is 6.07 Å². The molecule has 0 unspecified atom stereocenters. The third-order valence-corrected chi connectivity index (χ3v) is 6.41. The second-order valence-electron chi connectivity index (χ2n) is 8.68. The molecule has 0 amide bonds. The van der Waals surface area contributed by atoms with Crippen molar-refractivity contribution in [2.75, 3.05) is 11.9 Å². The van der Waals surface area contributed by atoms with E-state index in [0.29, 0.717) is 25.6 Å². The standard InChI is InChI=1S/C24H30N8O/c1-17-6-7-18-19(28-17)8-9-20-24(18)29-21(10-13-31-12-4-3-5-23(31)33)32(20)14-11-25-15-22-26-16-27-30(22)2/h3-5,8-9,12,16-17,25,28H,6-7,10-11,13-15H2,1-2H3/t17-/m0/s1. The van der Waals surface area contributed by atoms with Crippen molar-refractivity contribution < 1.29 is 0 Å². The van der Waals surface area contributed by atoms with E-state index < -0.39 is 0 Å². The molecule has 9 heteroatoms. The van der Waals surface area contributed by atoms with Gasteiger partial charge in [0.1, 0.15) is 18.0 Å². The summed E-state index contributed by atoms with van der Waals surface area (Å²) >= 11 is 0. The van der Waals surface area contributed by atoms with Gasteiger partial charge in [-0.2, -0.15) is 5.10 Å². The van der Waals surface area contributed by atoms with E-state index in [1.165, 1.54) is 11.3 Å². The highest BCUT2D eigenvalue weighted by molar-refractivity contribution is 5.86.